The largest absolute Gasteiger partial charge is 0.341 e. The van der Waals surface area contributed by atoms with Crippen LogP contribution in [0, 0.1) is 0 Å². The summed E-state index contributed by atoms with van der Waals surface area (Å²) in [6.45, 7) is 0. The number of amides is 1. The highest BCUT2D eigenvalue weighted by molar-refractivity contribution is 6.36. The summed E-state index contributed by atoms with van der Waals surface area (Å²) in [5, 5.41) is 3.89. The Morgan fingerprint density at radius 1 is 0.792 bits per heavy atom. The standard InChI is InChI=1S/C20H15Cl2NO/c21-16-11-12-17(18(22)13-16)20(24)23-19(14-7-3-1-4-8-14)15-9-5-2-6-10-15/h1-13,19H,(H,23,24). The minimum Gasteiger partial charge on any atom is -0.341 e. The third-order valence-electron chi connectivity index (χ3n) is 3.72. The normalized spacial score (nSPS) is 10.6. The second kappa shape index (κ2) is 7.52. The average molecular weight is 356 g/mol. The number of nitrogens with one attached hydrogen (secondary N) is 1. The summed E-state index contributed by atoms with van der Waals surface area (Å²) in [5.41, 5.74) is 2.40. The molecule has 4 heteroatoms. The van der Waals surface area contributed by atoms with Crippen molar-refractivity contribution in [1.82, 2.24) is 5.32 Å². The highest BCUT2D eigenvalue weighted by Gasteiger charge is 2.19. The molecular formula is C20H15Cl2NO. The van der Waals surface area contributed by atoms with E-state index in [-0.39, 0.29) is 11.9 Å². The van der Waals surface area contributed by atoms with Crippen molar-refractivity contribution in [3.63, 3.8) is 0 Å². The van der Waals surface area contributed by atoms with Gasteiger partial charge in [0.2, 0.25) is 0 Å². The number of hydrogen-bond donors (Lipinski definition) is 1. The molecule has 24 heavy (non-hydrogen) atoms. The monoisotopic (exact) mass is 355 g/mol. The molecule has 1 amide bonds. The van der Waals surface area contributed by atoms with Crippen molar-refractivity contribution in [2.75, 3.05) is 0 Å². The van der Waals surface area contributed by atoms with Gasteiger partial charge in [-0.25, -0.2) is 0 Å². The Morgan fingerprint density at radius 3 is 1.83 bits per heavy atom. The van der Waals surface area contributed by atoms with E-state index in [1.165, 1.54) is 0 Å². The Morgan fingerprint density at radius 2 is 1.33 bits per heavy atom. The molecule has 120 valence electrons. The molecular weight excluding hydrogens is 341 g/mol. The van der Waals surface area contributed by atoms with Crippen molar-refractivity contribution < 1.29 is 4.79 Å². The minimum absolute atomic E-state index is 0.241. The molecule has 3 aromatic carbocycles. The molecule has 0 unspecified atom stereocenters. The second-order valence-electron chi connectivity index (χ2n) is 5.35. The molecule has 0 saturated heterocycles. The molecule has 0 fully saturated rings. The van der Waals surface area contributed by atoms with Crippen LogP contribution in [0.2, 0.25) is 10.0 Å². The van der Waals surface area contributed by atoms with E-state index in [4.69, 9.17) is 23.2 Å². The zero-order chi connectivity index (χ0) is 16.9. The van der Waals surface area contributed by atoms with Crippen LogP contribution in [0.5, 0.6) is 0 Å². The number of carbonyl (C=O) groups is 1. The van der Waals surface area contributed by atoms with Crippen LogP contribution in [0.4, 0.5) is 0 Å². The van der Waals surface area contributed by atoms with Gasteiger partial charge in [0.15, 0.2) is 0 Å². The van der Waals surface area contributed by atoms with Crippen molar-refractivity contribution in [3.05, 3.63) is 106 Å². The van der Waals surface area contributed by atoms with Gasteiger partial charge in [-0.2, -0.15) is 0 Å². The van der Waals surface area contributed by atoms with Crippen LogP contribution >= 0.6 is 23.2 Å². The quantitative estimate of drug-likeness (QED) is 0.656. The second-order valence-corrected chi connectivity index (χ2v) is 6.20. The van der Waals surface area contributed by atoms with E-state index in [1.54, 1.807) is 18.2 Å². The lowest BCUT2D eigenvalue weighted by Gasteiger charge is -2.20. The Hall–Kier alpha value is -2.29. The van der Waals surface area contributed by atoms with E-state index in [9.17, 15) is 4.79 Å². The summed E-state index contributed by atoms with van der Waals surface area (Å²) in [4.78, 5) is 12.7. The fourth-order valence-electron chi connectivity index (χ4n) is 2.53. The van der Waals surface area contributed by atoms with Gasteiger partial charge in [-0.1, -0.05) is 83.9 Å². The maximum Gasteiger partial charge on any atom is 0.253 e. The summed E-state index contributed by atoms with van der Waals surface area (Å²) in [6, 6.07) is 24.2. The first-order valence-electron chi connectivity index (χ1n) is 7.51. The van der Waals surface area contributed by atoms with E-state index in [0.717, 1.165) is 11.1 Å². The summed E-state index contributed by atoms with van der Waals surface area (Å²) in [6.07, 6.45) is 0. The van der Waals surface area contributed by atoms with Gasteiger partial charge >= 0.3 is 0 Å². The SMILES string of the molecule is O=C(NC(c1ccccc1)c1ccccc1)c1ccc(Cl)cc1Cl. The van der Waals surface area contributed by atoms with Crippen molar-refractivity contribution >= 4 is 29.1 Å². The van der Waals surface area contributed by atoms with Gasteiger partial charge in [0.1, 0.15) is 0 Å². The van der Waals surface area contributed by atoms with E-state index in [2.05, 4.69) is 5.32 Å². The Labute approximate surface area is 151 Å². The molecule has 0 spiro atoms. The molecule has 0 aliphatic heterocycles. The van der Waals surface area contributed by atoms with Gasteiger partial charge < -0.3 is 5.32 Å². The summed E-state index contributed by atoms with van der Waals surface area (Å²) >= 11 is 12.1. The van der Waals surface area contributed by atoms with Crippen LogP contribution in [0.3, 0.4) is 0 Å². The molecule has 0 radical (unpaired) electrons. The van der Waals surface area contributed by atoms with Crippen LogP contribution < -0.4 is 5.32 Å². The summed E-state index contributed by atoms with van der Waals surface area (Å²) in [7, 11) is 0. The van der Waals surface area contributed by atoms with E-state index < -0.39 is 0 Å². The topological polar surface area (TPSA) is 29.1 Å². The predicted octanol–water partition coefficient (Wildman–Crippen LogP) is 5.51. The zero-order valence-corrected chi connectivity index (χ0v) is 14.3. The van der Waals surface area contributed by atoms with E-state index in [1.807, 2.05) is 60.7 Å². The lowest BCUT2D eigenvalue weighted by Crippen LogP contribution is -2.29. The van der Waals surface area contributed by atoms with Crippen molar-refractivity contribution in [2.45, 2.75) is 6.04 Å². The van der Waals surface area contributed by atoms with Gasteiger partial charge in [-0.15, -0.1) is 0 Å². The average Bonchev–Trinajstić information content (AvgIpc) is 2.61. The van der Waals surface area contributed by atoms with E-state index >= 15 is 0 Å². The highest BCUT2D eigenvalue weighted by Crippen LogP contribution is 2.25. The lowest BCUT2D eigenvalue weighted by molar-refractivity contribution is 0.0943. The number of benzene rings is 3. The van der Waals surface area contributed by atoms with Crippen LogP contribution in [0.25, 0.3) is 0 Å². The molecule has 0 atom stereocenters. The molecule has 1 N–H and O–H groups in total. The third kappa shape index (κ3) is 3.78. The maximum absolute atomic E-state index is 12.7. The number of rotatable bonds is 4. The van der Waals surface area contributed by atoms with Crippen molar-refractivity contribution in [1.29, 1.82) is 0 Å². The Kier molecular flexibility index (Phi) is 5.19. The fraction of sp³-hybridized carbons (Fsp3) is 0.0500. The summed E-state index contributed by atoms with van der Waals surface area (Å²) < 4.78 is 0. The van der Waals surface area contributed by atoms with Crippen LogP contribution in [-0.2, 0) is 0 Å². The minimum atomic E-state index is -0.258. The molecule has 0 aromatic heterocycles. The van der Waals surface area contributed by atoms with Gasteiger partial charge in [0, 0.05) is 5.02 Å². The molecule has 0 bridgehead atoms. The molecule has 0 heterocycles. The van der Waals surface area contributed by atoms with E-state index in [0.29, 0.717) is 15.6 Å². The first-order chi connectivity index (χ1) is 11.6. The molecule has 3 rings (SSSR count). The first kappa shape index (κ1) is 16.6. The van der Waals surface area contributed by atoms with Gasteiger partial charge in [0.25, 0.3) is 5.91 Å². The Bertz CT molecular complexity index is 795. The molecule has 0 aliphatic rings. The smallest absolute Gasteiger partial charge is 0.253 e. The number of carbonyl (C=O) groups excluding carboxylic acids is 1. The van der Waals surface area contributed by atoms with Crippen LogP contribution in [0.15, 0.2) is 78.9 Å². The molecule has 0 saturated carbocycles. The lowest BCUT2D eigenvalue weighted by atomic mass is 9.98. The fourth-order valence-corrected chi connectivity index (χ4v) is 3.03. The van der Waals surface area contributed by atoms with Gasteiger partial charge in [-0.3, -0.25) is 4.79 Å². The Balaban J connectivity index is 1.94. The zero-order valence-electron chi connectivity index (χ0n) is 12.7. The molecule has 3 aromatic rings. The molecule has 0 aliphatic carbocycles. The maximum atomic E-state index is 12.7. The first-order valence-corrected chi connectivity index (χ1v) is 8.26. The predicted molar refractivity (Wildman–Crippen MR) is 98.7 cm³/mol. The van der Waals surface area contributed by atoms with Crippen LogP contribution in [0.1, 0.15) is 27.5 Å². The van der Waals surface area contributed by atoms with Crippen molar-refractivity contribution in [3.8, 4) is 0 Å². The van der Waals surface area contributed by atoms with Gasteiger partial charge in [0.05, 0.1) is 16.6 Å². The number of hydrogen-bond acceptors (Lipinski definition) is 1. The van der Waals surface area contributed by atoms with Crippen LogP contribution in [-0.4, -0.2) is 5.91 Å². The van der Waals surface area contributed by atoms with Crippen molar-refractivity contribution in [2.24, 2.45) is 0 Å². The summed E-state index contributed by atoms with van der Waals surface area (Å²) in [5.74, 6) is -0.241. The highest BCUT2D eigenvalue weighted by atomic mass is 35.5. The third-order valence-corrected chi connectivity index (χ3v) is 4.26. The number of halogens is 2. The van der Waals surface area contributed by atoms with Gasteiger partial charge in [-0.05, 0) is 29.3 Å². The molecule has 2 nitrogen and oxygen atoms in total.